The molecule has 0 unspecified atom stereocenters. The second-order valence-corrected chi connectivity index (χ2v) is 8.49. The van der Waals surface area contributed by atoms with Crippen LogP contribution in [0.15, 0.2) is 18.3 Å². The number of aromatic nitrogens is 4. The van der Waals surface area contributed by atoms with Crippen molar-refractivity contribution < 1.29 is 13.2 Å². The maximum absolute atomic E-state index is 11.8. The topological polar surface area (TPSA) is 89.9 Å². The van der Waals surface area contributed by atoms with E-state index in [9.17, 15) is 8.42 Å². The molecule has 0 spiro atoms. The van der Waals surface area contributed by atoms with Crippen LogP contribution < -0.4 is 0 Å². The number of nitrogens with one attached hydrogen (secondary N) is 1. The first-order valence-corrected chi connectivity index (χ1v) is 9.83. The Bertz CT molecular complexity index is 776. The summed E-state index contributed by atoms with van der Waals surface area (Å²) >= 11 is 0. The number of hydrogen-bond donors (Lipinski definition) is 1. The first kappa shape index (κ1) is 14.9. The Labute approximate surface area is 135 Å². The predicted octanol–water partition coefficient (Wildman–Crippen LogP) is 1.53. The number of aromatic amines is 1. The SMILES string of the molecule is O=S1(=O)CC[C@@H](n2nc(C3CCOCC3)nc2-c2ccc[nH]2)C1. The van der Waals surface area contributed by atoms with E-state index in [1.165, 1.54) is 0 Å². The van der Waals surface area contributed by atoms with Gasteiger partial charge in [-0.3, -0.25) is 0 Å². The van der Waals surface area contributed by atoms with E-state index in [4.69, 9.17) is 14.8 Å². The van der Waals surface area contributed by atoms with Gasteiger partial charge >= 0.3 is 0 Å². The molecule has 23 heavy (non-hydrogen) atoms. The van der Waals surface area contributed by atoms with E-state index in [-0.39, 0.29) is 23.5 Å². The Morgan fingerprint density at radius 1 is 1.26 bits per heavy atom. The van der Waals surface area contributed by atoms with Crippen LogP contribution in [0.4, 0.5) is 0 Å². The molecule has 124 valence electrons. The molecule has 1 atom stereocenters. The minimum atomic E-state index is -2.96. The van der Waals surface area contributed by atoms with Crippen LogP contribution in [0.1, 0.15) is 37.0 Å². The molecule has 0 radical (unpaired) electrons. The number of H-pyrrole nitrogens is 1. The van der Waals surface area contributed by atoms with Gasteiger partial charge in [0.05, 0.1) is 23.2 Å². The molecule has 0 amide bonds. The van der Waals surface area contributed by atoms with Gasteiger partial charge in [-0.05, 0) is 31.4 Å². The van der Waals surface area contributed by atoms with E-state index in [1.54, 1.807) is 0 Å². The summed E-state index contributed by atoms with van der Waals surface area (Å²) in [4.78, 5) is 7.90. The number of sulfone groups is 1. The van der Waals surface area contributed by atoms with Crippen molar-refractivity contribution in [2.45, 2.75) is 31.2 Å². The highest BCUT2D eigenvalue weighted by Crippen LogP contribution is 2.31. The van der Waals surface area contributed by atoms with Gasteiger partial charge < -0.3 is 9.72 Å². The first-order chi connectivity index (χ1) is 11.1. The molecular formula is C15H20N4O3S. The van der Waals surface area contributed by atoms with Gasteiger partial charge in [0.1, 0.15) is 0 Å². The highest BCUT2D eigenvalue weighted by Gasteiger charge is 2.33. The van der Waals surface area contributed by atoms with E-state index in [1.807, 2.05) is 23.0 Å². The second-order valence-electron chi connectivity index (χ2n) is 6.27. The molecule has 2 saturated heterocycles. The highest BCUT2D eigenvalue weighted by atomic mass is 32.2. The molecule has 0 aliphatic carbocycles. The van der Waals surface area contributed by atoms with Crippen LogP contribution in [0.5, 0.6) is 0 Å². The molecule has 4 heterocycles. The monoisotopic (exact) mass is 336 g/mol. The van der Waals surface area contributed by atoms with Crippen LogP contribution in [0.3, 0.4) is 0 Å². The van der Waals surface area contributed by atoms with Gasteiger partial charge in [0.15, 0.2) is 21.5 Å². The van der Waals surface area contributed by atoms with Crippen molar-refractivity contribution in [1.29, 1.82) is 0 Å². The smallest absolute Gasteiger partial charge is 0.175 e. The van der Waals surface area contributed by atoms with Gasteiger partial charge in [0.2, 0.25) is 0 Å². The molecule has 2 aromatic rings. The van der Waals surface area contributed by atoms with Crippen molar-refractivity contribution in [2.75, 3.05) is 24.7 Å². The molecule has 8 heteroatoms. The van der Waals surface area contributed by atoms with Crippen LogP contribution in [-0.2, 0) is 14.6 Å². The molecule has 1 N–H and O–H groups in total. The Kier molecular flexibility index (Phi) is 3.73. The minimum absolute atomic E-state index is 0.126. The minimum Gasteiger partial charge on any atom is -0.381 e. The Morgan fingerprint density at radius 2 is 2.09 bits per heavy atom. The van der Waals surface area contributed by atoms with Crippen molar-refractivity contribution in [1.82, 2.24) is 19.7 Å². The zero-order chi connectivity index (χ0) is 15.9. The summed E-state index contributed by atoms with van der Waals surface area (Å²) in [6.45, 7) is 1.46. The number of nitrogens with zero attached hydrogens (tertiary/aromatic N) is 3. The Morgan fingerprint density at radius 3 is 2.74 bits per heavy atom. The zero-order valence-electron chi connectivity index (χ0n) is 12.8. The van der Waals surface area contributed by atoms with Crippen molar-refractivity contribution in [2.24, 2.45) is 0 Å². The number of rotatable bonds is 3. The molecule has 7 nitrogen and oxygen atoms in total. The van der Waals surface area contributed by atoms with Crippen molar-refractivity contribution in [3.8, 4) is 11.5 Å². The summed E-state index contributed by atoms with van der Waals surface area (Å²) in [5, 5.41) is 4.70. The molecule has 0 aromatic carbocycles. The van der Waals surface area contributed by atoms with Gasteiger partial charge in [0, 0.05) is 25.3 Å². The quantitative estimate of drug-likeness (QED) is 0.918. The average Bonchev–Trinajstić information content (AvgIpc) is 3.25. The third-order valence-corrected chi connectivity index (χ3v) is 6.38. The lowest BCUT2D eigenvalue weighted by atomic mass is 10.00. The van der Waals surface area contributed by atoms with Crippen LogP contribution >= 0.6 is 0 Å². The van der Waals surface area contributed by atoms with Gasteiger partial charge in [-0.1, -0.05) is 0 Å². The third kappa shape index (κ3) is 2.92. The highest BCUT2D eigenvalue weighted by molar-refractivity contribution is 7.91. The lowest BCUT2D eigenvalue weighted by molar-refractivity contribution is 0.0835. The Balaban J connectivity index is 1.72. The lowest BCUT2D eigenvalue weighted by Crippen LogP contribution is -2.17. The lowest BCUT2D eigenvalue weighted by Gasteiger charge is -2.19. The largest absolute Gasteiger partial charge is 0.381 e. The molecule has 0 saturated carbocycles. The van der Waals surface area contributed by atoms with Gasteiger partial charge in [-0.15, -0.1) is 0 Å². The number of ether oxygens (including phenoxy) is 1. The summed E-state index contributed by atoms with van der Waals surface area (Å²) in [6.07, 6.45) is 4.27. The van der Waals surface area contributed by atoms with Crippen LogP contribution in [-0.4, -0.2) is 52.9 Å². The van der Waals surface area contributed by atoms with Crippen LogP contribution in [0.25, 0.3) is 11.5 Å². The van der Waals surface area contributed by atoms with Gasteiger partial charge in [-0.25, -0.2) is 18.1 Å². The first-order valence-electron chi connectivity index (χ1n) is 8.01. The third-order valence-electron chi connectivity index (χ3n) is 4.63. The standard InChI is InChI=1S/C15H20N4O3S/c20-23(21)9-5-12(10-23)19-15(13-2-1-6-16-13)17-14(18-19)11-3-7-22-8-4-11/h1-2,6,11-12,16H,3-5,7-10H2/t12-/m1/s1. The molecule has 2 fully saturated rings. The van der Waals surface area contributed by atoms with E-state index in [0.717, 1.165) is 43.4 Å². The summed E-state index contributed by atoms with van der Waals surface area (Å²) in [6, 6.07) is 3.73. The molecular weight excluding hydrogens is 316 g/mol. The summed E-state index contributed by atoms with van der Waals surface area (Å²) in [5.74, 6) is 2.21. The van der Waals surface area contributed by atoms with E-state index >= 15 is 0 Å². The summed E-state index contributed by atoms with van der Waals surface area (Å²) in [7, 11) is -2.96. The van der Waals surface area contributed by atoms with Gasteiger partial charge in [0.25, 0.3) is 0 Å². The van der Waals surface area contributed by atoms with E-state index in [2.05, 4.69) is 4.98 Å². The number of hydrogen-bond acceptors (Lipinski definition) is 5. The van der Waals surface area contributed by atoms with Gasteiger partial charge in [-0.2, -0.15) is 5.10 Å². The molecule has 2 aromatic heterocycles. The average molecular weight is 336 g/mol. The van der Waals surface area contributed by atoms with Crippen LogP contribution in [0.2, 0.25) is 0 Å². The maximum Gasteiger partial charge on any atom is 0.175 e. The van der Waals surface area contributed by atoms with Crippen molar-refractivity contribution >= 4 is 9.84 Å². The zero-order valence-corrected chi connectivity index (χ0v) is 13.6. The fraction of sp³-hybridized carbons (Fsp3) is 0.600. The fourth-order valence-corrected chi connectivity index (χ4v) is 5.04. The predicted molar refractivity (Wildman–Crippen MR) is 84.9 cm³/mol. The second kappa shape index (κ2) is 5.76. The molecule has 2 aliphatic heterocycles. The molecule has 4 rings (SSSR count). The van der Waals surface area contributed by atoms with Crippen molar-refractivity contribution in [3.05, 3.63) is 24.2 Å². The normalized spacial score (nSPS) is 25.0. The summed E-state index contributed by atoms with van der Waals surface area (Å²) < 4.78 is 30.9. The van der Waals surface area contributed by atoms with Crippen molar-refractivity contribution in [3.63, 3.8) is 0 Å². The molecule has 0 bridgehead atoms. The Hall–Kier alpha value is -1.67. The molecule has 2 aliphatic rings. The maximum atomic E-state index is 11.8. The van der Waals surface area contributed by atoms with E-state index < -0.39 is 9.84 Å². The van der Waals surface area contributed by atoms with E-state index in [0.29, 0.717) is 6.42 Å². The summed E-state index contributed by atoms with van der Waals surface area (Å²) in [5.41, 5.74) is 0.875. The van der Waals surface area contributed by atoms with Crippen LogP contribution in [0, 0.1) is 0 Å². The fourth-order valence-electron chi connectivity index (χ4n) is 3.34.